The molecule has 2 heterocycles. The van der Waals surface area contributed by atoms with E-state index >= 15 is 0 Å². The van der Waals surface area contributed by atoms with E-state index in [4.69, 9.17) is 18.8 Å². The summed E-state index contributed by atoms with van der Waals surface area (Å²) >= 11 is 1.25. The molecule has 0 aromatic heterocycles. The lowest BCUT2D eigenvalue weighted by atomic mass is 9.78. The summed E-state index contributed by atoms with van der Waals surface area (Å²) < 4.78 is 23.6. The molecule has 0 spiro atoms. The van der Waals surface area contributed by atoms with E-state index < -0.39 is 18.3 Å². The number of hydrogen-bond donors (Lipinski definition) is 0. The molecule has 1 fully saturated rings. The normalized spacial score (nSPS) is 21.0. The predicted octanol–water partition coefficient (Wildman–Crippen LogP) is 3.75. The van der Waals surface area contributed by atoms with Gasteiger partial charge < -0.3 is 18.8 Å². The minimum atomic E-state index is -0.486. The topological polar surface area (TPSA) is 54.0 Å². The highest BCUT2D eigenvalue weighted by Crippen LogP contribution is 2.40. The number of fused-ring (bicyclic) bond motifs is 1. The summed E-state index contributed by atoms with van der Waals surface area (Å²) in [5, 5.41) is 0.0644. The van der Waals surface area contributed by atoms with Crippen LogP contribution in [0.4, 0.5) is 0 Å². The molecule has 2 aliphatic heterocycles. The lowest BCUT2D eigenvalue weighted by Crippen LogP contribution is -2.41. The molecule has 26 heavy (non-hydrogen) atoms. The Labute approximate surface area is 159 Å². The van der Waals surface area contributed by atoms with Crippen LogP contribution in [0.5, 0.6) is 11.5 Å². The molecule has 1 aromatic carbocycles. The summed E-state index contributed by atoms with van der Waals surface area (Å²) in [6, 6.07) is 5.82. The molecule has 0 saturated carbocycles. The Kier molecular flexibility index (Phi) is 5.42. The van der Waals surface area contributed by atoms with Crippen LogP contribution < -0.4 is 9.47 Å². The molecule has 5 nitrogen and oxygen atoms in total. The minimum Gasteiger partial charge on any atom is -0.486 e. The Morgan fingerprint density at radius 1 is 1.12 bits per heavy atom. The van der Waals surface area contributed by atoms with Crippen molar-refractivity contribution >= 4 is 30.1 Å². The highest BCUT2D eigenvalue weighted by Gasteiger charge is 2.52. The van der Waals surface area contributed by atoms with Crippen LogP contribution in [0.3, 0.4) is 0 Å². The number of thioether (sulfide) groups is 1. The van der Waals surface area contributed by atoms with E-state index in [9.17, 15) is 4.79 Å². The highest BCUT2D eigenvalue weighted by molar-refractivity contribution is 8.13. The maximum absolute atomic E-state index is 11.5. The fraction of sp³-hybridized carbons (Fsp3) is 0.526. The van der Waals surface area contributed by atoms with E-state index in [1.165, 1.54) is 11.8 Å². The van der Waals surface area contributed by atoms with Crippen molar-refractivity contribution in [2.24, 2.45) is 0 Å². The van der Waals surface area contributed by atoms with E-state index in [-0.39, 0.29) is 5.12 Å². The lowest BCUT2D eigenvalue weighted by molar-refractivity contribution is -0.109. The van der Waals surface area contributed by atoms with E-state index in [1.54, 1.807) is 6.92 Å². The van der Waals surface area contributed by atoms with Crippen molar-refractivity contribution in [3.05, 3.63) is 29.2 Å². The molecule has 0 radical (unpaired) electrons. The maximum Gasteiger partial charge on any atom is 0.491 e. The first-order chi connectivity index (χ1) is 12.2. The van der Waals surface area contributed by atoms with Crippen LogP contribution in [-0.2, 0) is 14.1 Å². The Balaban J connectivity index is 1.89. The Morgan fingerprint density at radius 3 is 2.35 bits per heavy atom. The second-order valence-corrected chi connectivity index (χ2v) is 8.64. The molecule has 0 N–H and O–H groups in total. The van der Waals surface area contributed by atoms with E-state index in [2.05, 4.69) is 0 Å². The zero-order valence-electron chi connectivity index (χ0n) is 16.0. The fourth-order valence-corrected chi connectivity index (χ4v) is 3.31. The van der Waals surface area contributed by atoms with Crippen molar-refractivity contribution < 1.29 is 23.6 Å². The van der Waals surface area contributed by atoms with Crippen molar-refractivity contribution in [2.45, 2.75) is 45.8 Å². The first kappa shape index (κ1) is 19.3. The molecule has 2 aliphatic rings. The summed E-state index contributed by atoms with van der Waals surface area (Å²) in [6.07, 6.45) is 2.01. The van der Waals surface area contributed by atoms with Crippen LogP contribution in [0, 0.1) is 0 Å². The molecule has 0 aliphatic carbocycles. The van der Waals surface area contributed by atoms with E-state index in [0.717, 1.165) is 22.5 Å². The van der Waals surface area contributed by atoms with Gasteiger partial charge in [0.15, 0.2) is 16.6 Å². The molecule has 3 rings (SSSR count). The van der Waals surface area contributed by atoms with Gasteiger partial charge in [0.05, 0.1) is 11.2 Å². The molecule has 1 saturated heterocycles. The van der Waals surface area contributed by atoms with Gasteiger partial charge in [0.2, 0.25) is 0 Å². The fourth-order valence-electron chi connectivity index (χ4n) is 2.72. The zero-order valence-corrected chi connectivity index (χ0v) is 16.8. The minimum absolute atomic E-state index is 0.0644. The summed E-state index contributed by atoms with van der Waals surface area (Å²) in [6.45, 7) is 10.8. The molecule has 0 unspecified atom stereocenters. The van der Waals surface area contributed by atoms with Crippen molar-refractivity contribution in [1.29, 1.82) is 0 Å². The summed E-state index contributed by atoms with van der Waals surface area (Å²) in [4.78, 5) is 11.5. The van der Waals surface area contributed by atoms with Gasteiger partial charge in [0.1, 0.15) is 13.2 Å². The molecule has 0 amide bonds. The summed E-state index contributed by atoms with van der Waals surface area (Å²) in [5.74, 6) is 2.00. The molecule has 7 heteroatoms. The third kappa shape index (κ3) is 4.10. The molecular weight excluding hydrogens is 351 g/mol. The van der Waals surface area contributed by atoms with Gasteiger partial charge in [-0.2, -0.15) is 0 Å². The van der Waals surface area contributed by atoms with Gasteiger partial charge in [0, 0.05) is 12.7 Å². The number of ether oxygens (including phenoxy) is 2. The van der Waals surface area contributed by atoms with Gasteiger partial charge in [-0.1, -0.05) is 23.9 Å². The number of carbonyl (C=O) groups excluding carboxylic acids is 1. The van der Waals surface area contributed by atoms with Crippen molar-refractivity contribution in [1.82, 2.24) is 0 Å². The second-order valence-electron chi connectivity index (χ2n) is 7.49. The Hall–Kier alpha value is -1.44. The maximum atomic E-state index is 11.5. The molecule has 0 atom stereocenters. The van der Waals surface area contributed by atoms with Crippen molar-refractivity contribution in [3.8, 4) is 11.5 Å². The summed E-state index contributed by atoms with van der Waals surface area (Å²) in [5.41, 5.74) is 1.03. The average molecular weight is 376 g/mol. The molecular formula is C19H25BO5S. The Bertz CT molecular complexity index is 713. The van der Waals surface area contributed by atoms with Crippen LogP contribution in [-0.4, -0.2) is 42.4 Å². The van der Waals surface area contributed by atoms with Crippen LogP contribution in [0.2, 0.25) is 0 Å². The number of rotatable bonds is 4. The standard InChI is InChI=1S/C19H25BO5S/c1-13(21)26-12-15(20-24-18(2,3)19(4,5)25-20)10-14-6-7-16-17(11-14)23-9-8-22-16/h6-7,10-11H,8-9,12H2,1-5H3. The molecule has 140 valence electrons. The second kappa shape index (κ2) is 7.29. The SMILES string of the molecule is CC(=O)SCC(=Cc1ccc2c(c1)OCCO2)B1OC(C)(C)C(C)(C)O1. The zero-order chi connectivity index (χ0) is 18.9. The molecule has 0 bridgehead atoms. The smallest absolute Gasteiger partial charge is 0.486 e. The monoisotopic (exact) mass is 376 g/mol. The predicted molar refractivity (Wildman–Crippen MR) is 105 cm³/mol. The third-order valence-electron chi connectivity index (χ3n) is 4.92. The van der Waals surface area contributed by atoms with Gasteiger partial charge in [0.25, 0.3) is 0 Å². The average Bonchev–Trinajstić information content (AvgIpc) is 2.79. The van der Waals surface area contributed by atoms with Gasteiger partial charge in [-0.05, 0) is 50.9 Å². The van der Waals surface area contributed by atoms with Gasteiger partial charge in [-0.25, -0.2) is 0 Å². The van der Waals surface area contributed by atoms with Crippen LogP contribution in [0.1, 0.15) is 40.2 Å². The van der Waals surface area contributed by atoms with E-state index in [0.29, 0.717) is 19.0 Å². The van der Waals surface area contributed by atoms with E-state index in [1.807, 2.05) is 52.0 Å². The summed E-state index contributed by atoms with van der Waals surface area (Å²) in [7, 11) is -0.486. The number of hydrogen-bond acceptors (Lipinski definition) is 6. The van der Waals surface area contributed by atoms with Crippen LogP contribution in [0.15, 0.2) is 23.7 Å². The third-order valence-corrected chi connectivity index (χ3v) is 5.80. The number of carbonyl (C=O) groups is 1. The van der Waals surface area contributed by atoms with Crippen molar-refractivity contribution in [2.75, 3.05) is 19.0 Å². The first-order valence-corrected chi connectivity index (χ1v) is 9.76. The lowest BCUT2D eigenvalue weighted by Gasteiger charge is -2.32. The van der Waals surface area contributed by atoms with Crippen molar-refractivity contribution in [3.63, 3.8) is 0 Å². The van der Waals surface area contributed by atoms with Crippen LogP contribution in [0.25, 0.3) is 6.08 Å². The quantitative estimate of drug-likeness (QED) is 0.746. The van der Waals surface area contributed by atoms with Gasteiger partial charge >= 0.3 is 7.12 Å². The first-order valence-electron chi connectivity index (χ1n) is 8.77. The van der Waals surface area contributed by atoms with Crippen LogP contribution >= 0.6 is 11.8 Å². The largest absolute Gasteiger partial charge is 0.491 e. The highest BCUT2D eigenvalue weighted by atomic mass is 32.2. The Morgan fingerprint density at radius 2 is 1.73 bits per heavy atom. The van der Waals surface area contributed by atoms with Gasteiger partial charge in [-0.15, -0.1) is 0 Å². The van der Waals surface area contributed by atoms with Gasteiger partial charge in [-0.3, -0.25) is 4.79 Å². The molecule has 1 aromatic rings. The number of benzene rings is 1.